The molecule has 0 radical (unpaired) electrons. The standard InChI is InChI=1S/C20H22BrN3OS/c1-12(2)25-17-8-7-14(10-15(17)21)19-18(16-6-4-5-9-22-16)23-20-24(19)11-13(3)26-20/h4-10,12-13,18-19H,11H2,1-3H3/t13-,18+,19-/m0/s1. The molecular formula is C20H22BrN3OS. The van der Waals surface area contributed by atoms with Crippen molar-refractivity contribution in [2.75, 3.05) is 6.54 Å². The maximum absolute atomic E-state index is 5.87. The molecule has 6 heteroatoms. The van der Waals surface area contributed by atoms with Crippen molar-refractivity contribution in [3.63, 3.8) is 0 Å². The van der Waals surface area contributed by atoms with Gasteiger partial charge in [-0.3, -0.25) is 9.98 Å². The molecule has 3 atom stereocenters. The van der Waals surface area contributed by atoms with E-state index in [1.807, 2.05) is 43.9 Å². The monoisotopic (exact) mass is 431 g/mol. The molecule has 2 aromatic rings. The molecule has 2 aliphatic heterocycles. The molecule has 4 rings (SSSR count). The first kappa shape index (κ1) is 17.9. The van der Waals surface area contributed by atoms with Crippen molar-refractivity contribution in [3.8, 4) is 5.75 Å². The zero-order valence-corrected chi connectivity index (χ0v) is 17.5. The van der Waals surface area contributed by atoms with Crippen LogP contribution in [0.3, 0.4) is 0 Å². The second kappa shape index (κ2) is 7.24. The fourth-order valence-corrected chi connectivity index (χ4v) is 5.11. The second-order valence-electron chi connectivity index (χ2n) is 6.99. The van der Waals surface area contributed by atoms with Gasteiger partial charge in [0.1, 0.15) is 11.8 Å². The van der Waals surface area contributed by atoms with E-state index in [9.17, 15) is 0 Å². The van der Waals surface area contributed by atoms with Gasteiger partial charge in [0.25, 0.3) is 0 Å². The Morgan fingerprint density at radius 1 is 1.27 bits per heavy atom. The minimum Gasteiger partial charge on any atom is -0.490 e. The number of fused-ring (bicyclic) bond motifs is 1. The second-order valence-corrected chi connectivity index (χ2v) is 9.25. The summed E-state index contributed by atoms with van der Waals surface area (Å²) in [5, 5.41) is 1.70. The van der Waals surface area contributed by atoms with Gasteiger partial charge >= 0.3 is 0 Å². The molecule has 2 aliphatic rings. The lowest BCUT2D eigenvalue weighted by molar-refractivity contribution is 0.240. The van der Waals surface area contributed by atoms with Gasteiger partial charge in [0.05, 0.1) is 22.3 Å². The largest absolute Gasteiger partial charge is 0.490 e. The van der Waals surface area contributed by atoms with E-state index in [0.717, 1.165) is 27.6 Å². The van der Waals surface area contributed by atoms with E-state index >= 15 is 0 Å². The smallest absolute Gasteiger partial charge is 0.160 e. The molecule has 3 heterocycles. The number of benzene rings is 1. The molecule has 136 valence electrons. The summed E-state index contributed by atoms with van der Waals surface area (Å²) in [4.78, 5) is 12.0. The van der Waals surface area contributed by atoms with Gasteiger partial charge < -0.3 is 9.64 Å². The Morgan fingerprint density at radius 2 is 2.12 bits per heavy atom. The van der Waals surface area contributed by atoms with Crippen molar-refractivity contribution in [2.24, 2.45) is 4.99 Å². The van der Waals surface area contributed by atoms with Gasteiger partial charge in [-0.15, -0.1) is 0 Å². The first-order valence-corrected chi connectivity index (χ1v) is 10.6. The average Bonchev–Trinajstić information content (AvgIpc) is 3.13. The lowest BCUT2D eigenvalue weighted by Gasteiger charge is -2.28. The molecule has 1 aromatic heterocycles. The van der Waals surface area contributed by atoms with Crippen LogP contribution in [0.4, 0.5) is 0 Å². The quantitative estimate of drug-likeness (QED) is 0.664. The Hall–Kier alpha value is -1.53. The Bertz CT molecular complexity index is 827. The van der Waals surface area contributed by atoms with Crippen LogP contribution >= 0.6 is 27.7 Å². The van der Waals surface area contributed by atoms with E-state index in [1.54, 1.807) is 0 Å². The van der Waals surface area contributed by atoms with Crippen LogP contribution in [0.5, 0.6) is 5.75 Å². The maximum atomic E-state index is 5.87. The summed E-state index contributed by atoms with van der Waals surface area (Å²) in [7, 11) is 0. The molecule has 1 aromatic carbocycles. The minimum atomic E-state index is 0.0231. The highest BCUT2D eigenvalue weighted by Gasteiger charge is 2.43. The molecule has 4 nitrogen and oxygen atoms in total. The molecule has 1 fully saturated rings. The number of nitrogens with zero attached hydrogens (tertiary/aromatic N) is 3. The van der Waals surface area contributed by atoms with Gasteiger partial charge in [0, 0.05) is 18.0 Å². The number of thioether (sulfide) groups is 1. The van der Waals surface area contributed by atoms with Gasteiger partial charge in [0.2, 0.25) is 0 Å². The first-order valence-electron chi connectivity index (χ1n) is 8.91. The molecule has 0 bridgehead atoms. The molecule has 0 unspecified atom stereocenters. The maximum Gasteiger partial charge on any atom is 0.160 e. The van der Waals surface area contributed by atoms with Gasteiger partial charge in [-0.2, -0.15) is 0 Å². The number of amidine groups is 1. The van der Waals surface area contributed by atoms with Gasteiger partial charge in [-0.05, 0) is 59.6 Å². The SMILES string of the molecule is CC(C)Oc1ccc([C@H]2[C@@H](c3ccccn3)N=C3S[C@@H](C)CN32)cc1Br. The molecule has 0 aliphatic carbocycles. The first-order chi connectivity index (χ1) is 12.5. The van der Waals surface area contributed by atoms with Crippen LogP contribution in [0, 0.1) is 0 Å². The topological polar surface area (TPSA) is 37.7 Å². The molecule has 0 spiro atoms. The number of hydrogen-bond donors (Lipinski definition) is 0. The van der Waals surface area contributed by atoms with Crippen molar-refractivity contribution in [2.45, 2.75) is 44.2 Å². The number of halogens is 1. The Labute approximate surface area is 167 Å². The number of rotatable bonds is 4. The van der Waals surface area contributed by atoms with Crippen molar-refractivity contribution < 1.29 is 4.74 Å². The number of aromatic nitrogens is 1. The van der Waals surface area contributed by atoms with Crippen LogP contribution in [0.2, 0.25) is 0 Å². The molecule has 0 N–H and O–H groups in total. The summed E-state index contributed by atoms with van der Waals surface area (Å²) in [6.07, 6.45) is 2.00. The van der Waals surface area contributed by atoms with Crippen LogP contribution in [0.15, 0.2) is 52.1 Å². The fourth-order valence-electron chi connectivity index (χ4n) is 3.53. The van der Waals surface area contributed by atoms with Gasteiger partial charge in [-0.25, -0.2) is 0 Å². The summed E-state index contributed by atoms with van der Waals surface area (Å²) in [5.74, 6) is 0.876. The summed E-state index contributed by atoms with van der Waals surface area (Å²) in [6.45, 7) is 7.35. The third kappa shape index (κ3) is 3.37. The Balaban J connectivity index is 1.71. The normalized spacial score (nSPS) is 24.7. The van der Waals surface area contributed by atoms with E-state index in [0.29, 0.717) is 5.25 Å². The van der Waals surface area contributed by atoms with E-state index in [-0.39, 0.29) is 18.2 Å². The lowest BCUT2D eigenvalue weighted by atomic mass is 9.96. The fraction of sp³-hybridized carbons (Fsp3) is 0.400. The predicted octanol–water partition coefficient (Wildman–Crippen LogP) is 5.22. The van der Waals surface area contributed by atoms with Crippen LogP contribution in [-0.2, 0) is 0 Å². The van der Waals surface area contributed by atoms with E-state index in [4.69, 9.17) is 9.73 Å². The predicted molar refractivity (Wildman–Crippen MR) is 111 cm³/mol. The van der Waals surface area contributed by atoms with Crippen LogP contribution in [0.1, 0.15) is 44.1 Å². The van der Waals surface area contributed by atoms with E-state index in [2.05, 4.69) is 57.0 Å². The highest BCUT2D eigenvalue weighted by molar-refractivity contribution is 9.10. The van der Waals surface area contributed by atoms with E-state index in [1.165, 1.54) is 5.56 Å². The van der Waals surface area contributed by atoms with Gasteiger partial charge in [0.15, 0.2) is 5.17 Å². The summed E-state index contributed by atoms with van der Waals surface area (Å²) < 4.78 is 6.86. The lowest BCUT2D eigenvalue weighted by Crippen LogP contribution is -2.28. The summed E-state index contributed by atoms with van der Waals surface area (Å²) >= 11 is 5.54. The molecular weight excluding hydrogens is 410 g/mol. The highest BCUT2D eigenvalue weighted by atomic mass is 79.9. The molecule has 26 heavy (non-hydrogen) atoms. The summed E-state index contributed by atoms with van der Waals surface area (Å²) in [6, 6.07) is 12.6. The average molecular weight is 432 g/mol. The number of pyridine rings is 1. The Kier molecular flexibility index (Phi) is 4.97. The third-order valence-corrected chi connectivity index (χ3v) is 6.26. The van der Waals surface area contributed by atoms with Gasteiger partial charge in [-0.1, -0.05) is 30.8 Å². The number of ether oxygens (including phenoxy) is 1. The number of hydrogen-bond acceptors (Lipinski definition) is 5. The zero-order chi connectivity index (χ0) is 18.3. The molecule has 0 amide bonds. The minimum absolute atomic E-state index is 0.0231. The zero-order valence-electron chi connectivity index (χ0n) is 15.1. The van der Waals surface area contributed by atoms with Crippen molar-refractivity contribution in [1.29, 1.82) is 0 Å². The van der Waals surface area contributed by atoms with Crippen LogP contribution < -0.4 is 4.74 Å². The van der Waals surface area contributed by atoms with Crippen LogP contribution in [-0.4, -0.2) is 33.0 Å². The van der Waals surface area contributed by atoms with Crippen LogP contribution in [0.25, 0.3) is 0 Å². The van der Waals surface area contributed by atoms with Crippen molar-refractivity contribution >= 4 is 32.9 Å². The van der Waals surface area contributed by atoms with Crippen molar-refractivity contribution in [1.82, 2.24) is 9.88 Å². The molecule has 0 saturated carbocycles. The molecule has 1 saturated heterocycles. The highest BCUT2D eigenvalue weighted by Crippen LogP contribution is 2.48. The van der Waals surface area contributed by atoms with E-state index < -0.39 is 0 Å². The number of aliphatic imine (C=N–C) groups is 1. The summed E-state index contributed by atoms with van der Waals surface area (Å²) in [5.41, 5.74) is 2.25. The van der Waals surface area contributed by atoms with Crippen molar-refractivity contribution in [3.05, 3.63) is 58.3 Å². The third-order valence-electron chi connectivity index (χ3n) is 4.54. The Morgan fingerprint density at radius 3 is 2.81 bits per heavy atom.